The Morgan fingerprint density at radius 3 is 2.78 bits per heavy atom. The fraction of sp³-hybridized carbons (Fsp3) is 0.391. The molecular weight excluding hydrogens is 408 g/mol. The predicted molar refractivity (Wildman–Crippen MR) is 121 cm³/mol. The highest BCUT2D eigenvalue weighted by Gasteiger charge is 2.17. The number of morpholine rings is 1. The Morgan fingerprint density at radius 2 is 2.03 bits per heavy atom. The Morgan fingerprint density at radius 1 is 1.19 bits per heavy atom. The van der Waals surface area contributed by atoms with E-state index in [2.05, 4.69) is 25.3 Å². The number of aryl methyl sites for hydroxylation is 2. The van der Waals surface area contributed by atoms with Crippen LogP contribution in [0.3, 0.4) is 0 Å². The Kier molecular flexibility index (Phi) is 6.96. The Labute approximate surface area is 187 Å². The van der Waals surface area contributed by atoms with Crippen LogP contribution in [0.2, 0.25) is 0 Å². The third-order valence-electron chi connectivity index (χ3n) is 5.12. The van der Waals surface area contributed by atoms with Gasteiger partial charge in [-0.15, -0.1) is 0 Å². The van der Waals surface area contributed by atoms with Crippen molar-refractivity contribution in [1.29, 1.82) is 0 Å². The molecule has 4 rings (SSSR count). The third-order valence-corrected chi connectivity index (χ3v) is 5.12. The van der Waals surface area contributed by atoms with E-state index >= 15 is 0 Å². The van der Waals surface area contributed by atoms with Gasteiger partial charge in [0.05, 0.1) is 32.4 Å². The first kappa shape index (κ1) is 21.8. The van der Waals surface area contributed by atoms with Crippen molar-refractivity contribution in [3.05, 3.63) is 59.4 Å². The second-order valence-electron chi connectivity index (χ2n) is 7.83. The van der Waals surface area contributed by atoms with Crippen LogP contribution in [-0.2, 0) is 29.4 Å². The molecule has 3 aromatic rings. The molecule has 1 aliphatic heterocycles. The number of hydrogen-bond donors (Lipinski definition) is 1. The Hall–Kier alpha value is -3.46. The molecule has 1 N–H and O–H groups in total. The van der Waals surface area contributed by atoms with Gasteiger partial charge in [-0.05, 0) is 18.1 Å². The van der Waals surface area contributed by atoms with Crippen molar-refractivity contribution in [2.24, 2.45) is 7.05 Å². The molecule has 1 saturated heterocycles. The number of ether oxygens (including phenoxy) is 2. The summed E-state index contributed by atoms with van der Waals surface area (Å²) >= 11 is 0. The summed E-state index contributed by atoms with van der Waals surface area (Å²) in [7, 11) is 1.88. The van der Waals surface area contributed by atoms with E-state index in [4.69, 9.17) is 9.47 Å². The smallest absolute Gasteiger partial charge is 0.320 e. The fourth-order valence-corrected chi connectivity index (χ4v) is 3.55. The minimum absolute atomic E-state index is 0.136. The van der Waals surface area contributed by atoms with Gasteiger partial charge in [-0.1, -0.05) is 29.8 Å². The van der Waals surface area contributed by atoms with E-state index in [1.807, 2.05) is 50.6 Å². The molecule has 32 heavy (non-hydrogen) atoms. The highest BCUT2D eigenvalue weighted by atomic mass is 16.5. The molecular formula is C23H28N6O3. The molecule has 1 aromatic carbocycles. The van der Waals surface area contributed by atoms with Crippen LogP contribution in [-0.4, -0.2) is 58.6 Å². The maximum atomic E-state index is 12.6. The van der Waals surface area contributed by atoms with Gasteiger partial charge in [0, 0.05) is 38.8 Å². The molecule has 1 fully saturated rings. The summed E-state index contributed by atoms with van der Waals surface area (Å²) in [6.07, 6.45) is 4.72. The molecule has 1 amide bonds. The zero-order valence-corrected chi connectivity index (χ0v) is 18.5. The van der Waals surface area contributed by atoms with Gasteiger partial charge in [0.25, 0.3) is 0 Å². The van der Waals surface area contributed by atoms with Crippen molar-refractivity contribution >= 4 is 17.5 Å². The summed E-state index contributed by atoms with van der Waals surface area (Å²) in [5, 5.41) is 7.07. The van der Waals surface area contributed by atoms with Gasteiger partial charge in [-0.25, -0.2) is 0 Å². The number of benzene rings is 1. The molecule has 0 aliphatic carbocycles. The number of nitrogens with zero attached hydrogens (tertiary/aromatic N) is 5. The second kappa shape index (κ2) is 10.2. The van der Waals surface area contributed by atoms with Gasteiger partial charge in [-0.3, -0.25) is 9.48 Å². The maximum absolute atomic E-state index is 12.6. The first-order valence-corrected chi connectivity index (χ1v) is 10.7. The maximum Gasteiger partial charge on any atom is 0.320 e. The van der Waals surface area contributed by atoms with Crippen molar-refractivity contribution in [1.82, 2.24) is 19.7 Å². The highest BCUT2D eigenvalue weighted by Crippen LogP contribution is 2.21. The largest absolute Gasteiger partial charge is 0.463 e. The molecule has 0 saturated carbocycles. The zero-order chi connectivity index (χ0) is 22.3. The molecule has 0 unspecified atom stereocenters. The summed E-state index contributed by atoms with van der Waals surface area (Å²) in [6, 6.07) is 9.93. The van der Waals surface area contributed by atoms with E-state index in [1.165, 1.54) is 0 Å². The van der Waals surface area contributed by atoms with Crippen LogP contribution in [0, 0.1) is 6.92 Å². The van der Waals surface area contributed by atoms with E-state index in [0.717, 1.165) is 29.8 Å². The topological polar surface area (TPSA) is 94.4 Å². The van der Waals surface area contributed by atoms with E-state index in [1.54, 1.807) is 10.7 Å². The van der Waals surface area contributed by atoms with Crippen LogP contribution in [0.5, 0.6) is 6.01 Å². The second-order valence-corrected chi connectivity index (χ2v) is 7.83. The number of carbonyl (C=O) groups excluding carboxylic acids is 1. The molecule has 9 heteroatoms. The van der Waals surface area contributed by atoms with Gasteiger partial charge in [0.2, 0.25) is 5.91 Å². The van der Waals surface area contributed by atoms with Crippen LogP contribution in [0.25, 0.3) is 0 Å². The van der Waals surface area contributed by atoms with Crippen LogP contribution in [0.15, 0.2) is 42.7 Å². The van der Waals surface area contributed by atoms with Gasteiger partial charge in [0.15, 0.2) is 0 Å². The van der Waals surface area contributed by atoms with Crippen LogP contribution in [0.4, 0.5) is 11.6 Å². The minimum atomic E-state index is -0.136. The number of aromatic nitrogens is 4. The summed E-state index contributed by atoms with van der Waals surface area (Å²) in [4.78, 5) is 23.7. The Balaban J connectivity index is 1.46. The zero-order valence-electron chi connectivity index (χ0n) is 18.5. The van der Waals surface area contributed by atoms with Gasteiger partial charge in [-0.2, -0.15) is 15.1 Å². The van der Waals surface area contributed by atoms with Gasteiger partial charge in [0.1, 0.15) is 11.6 Å². The monoisotopic (exact) mass is 436 g/mol. The van der Waals surface area contributed by atoms with Crippen molar-refractivity contribution in [3.8, 4) is 6.01 Å². The van der Waals surface area contributed by atoms with Crippen molar-refractivity contribution in [2.45, 2.75) is 19.8 Å². The van der Waals surface area contributed by atoms with Crippen molar-refractivity contribution in [2.75, 3.05) is 43.1 Å². The van der Waals surface area contributed by atoms with E-state index in [9.17, 15) is 4.79 Å². The molecule has 2 aromatic heterocycles. The number of amides is 1. The molecule has 1 aliphatic rings. The van der Waals surface area contributed by atoms with Gasteiger partial charge >= 0.3 is 6.01 Å². The van der Waals surface area contributed by atoms with Crippen molar-refractivity contribution < 1.29 is 14.3 Å². The SMILES string of the molecule is Cc1cccc(CC(=O)Nc2cc(N3CCOCC3)nc(OCCc3cnn(C)c3)n2)c1. The molecule has 0 atom stereocenters. The average molecular weight is 437 g/mol. The number of hydrogen-bond acceptors (Lipinski definition) is 7. The third kappa shape index (κ3) is 6.04. The number of carbonyl (C=O) groups is 1. The lowest BCUT2D eigenvalue weighted by atomic mass is 10.1. The molecule has 168 valence electrons. The summed E-state index contributed by atoms with van der Waals surface area (Å²) in [5.74, 6) is 1.00. The summed E-state index contributed by atoms with van der Waals surface area (Å²) in [5.41, 5.74) is 3.15. The lowest BCUT2D eigenvalue weighted by Gasteiger charge is -2.28. The molecule has 9 nitrogen and oxygen atoms in total. The standard InChI is InChI=1S/C23H28N6O3/c1-17-4-3-5-18(12-17)13-22(30)25-20-14-21(29-7-10-31-11-8-29)27-23(26-20)32-9-6-19-15-24-28(2)16-19/h3-5,12,14-16H,6-11,13H2,1-2H3,(H,25,26,27,30). The minimum Gasteiger partial charge on any atom is -0.463 e. The van der Waals surface area contributed by atoms with Gasteiger partial charge < -0.3 is 19.7 Å². The molecule has 3 heterocycles. The number of nitrogens with one attached hydrogen (secondary N) is 1. The highest BCUT2D eigenvalue weighted by molar-refractivity contribution is 5.91. The van der Waals surface area contributed by atoms with E-state index < -0.39 is 0 Å². The van der Waals surface area contributed by atoms with E-state index in [-0.39, 0.29) is 18.3 Å². The van der Waals surface area contributed by atoms with Crippen LogP contribution in [0.1, 0.15) is 16.7 Å². The summed E-state index contributed by atoms with van der Waals surface area (Å²) < 4.78 is 13.0. The molecule has 0 spiro atoms. The first-order valence-electron chi connectivity index (χ1n) is 10.7. The quantitative estimate of drug-likeness (QED) is 0.578. The number of anilines is 2. The molecule has 0 bridgehead atoms. The lowest BCUT2D eigenvalue weighted by Crippen LogP contribution is -2.37. The van der Waals surface area contributed by atoms with Crippen LogP contribution < -0.4 is 15.0 Å². The summed E-state index contributed by atoms with van der Waals surface area (Å²) in [6.45, 7) is 5.14. The molecule has 0 radical (unpaired) electrons. The lowest BCUT2D eigenvalue weighted by molar-refractivity contribution is -0.115. The number of rotatable bonds is 8. The fourth-order valence-electron chi connectivity index (χ4n) is 3.55. The van der Waals surface area contributed by atoms with E-state index in [0.29, 0.717) is 37.9 Å². The average Bonchev–Trinajstić information content (AvgIpc) is 3.19. The normalized spacial score (nSPS) is 13.8. The first-order chi connectivity index (χ1) is 15.5. The Bertz CT molecular complexity index is 1060. The van der Waals surface area contributed by atoms with Crippen LogP contribution >= 0.6 is 0 Å². The van der Waals surface area contributed by atoms with Crippen molar-refractivity contribution in [3.63, 3.8) is 0 Å². The predicted octanol–water partition coefficient (Wildman–Crippen LogP) is 2.16.